The van der Waals surface area contributed by atoms with Crippen molar-refractivity contribution >= 4 is 0 Å². The zero-order valence-corrected chi connectivity index (χ0v) is 14.3. The molecule has 21 heavy (non-hydrogen) atoms. The molecule has 0 radical (unpaired) electrons. The molecule has 1 atom stereocenters. The minimum atomic E-state index is 0.749. The normalized spacial score (nSPS) is 20.1. The molecular formula is C19H32N2. The van der Waals surface area contributed by atoms with Crippen LogP contribution in [0.5, 0.6) is 0 Å². The summed E-state index contributed by atoms with van der Waals surface area (Å²) in [5.74, 6) is 1.57. The molecule has 0 aromatic heterocycles. The van der Waals surface area contributed by atoms with Gasteiger partial charge in [-0.15, -0.1) is 0 Å². The van der Waals surface area contributed by atoms with Gasteiger partial charge in [-0.05, 0) is 74.8 Å². The quantitative estimate of drug-likeness (QED) is 0.857. The largest absolute Gasteiger partial charge is 0.316 e. The third kappa shape index (κ3) is 5.12. The minimum Gasteiger partial charge on any atom is -0.316 e. The molecular weight excluding hydrogens is 256 g/mol. The Morgan fingerprint density at radius 2 is 1.95 bits per heavy atom. The number of piperidine rings is 1. The van der Waals surface area contributed by atoms with Crippen LogP contribution in [0.3, 0.4) is 0 Å². The SMILES string of the molecule is Cc1cccc(C)c1CN1CCCC(CNCC(C)C)C1. The Morgan fingerprint density at radius 3 is 2.62 bits per heavy atom. The molecule has 0 saturated carbocycles. The summed E-state index contributed by atoms with van der Waals surface area (Å²) in [5, 5.41) is 3.64. The minimum absolute atomic E-state index is 0.749. The average molecular weight is 288 g/mol. The second kappa shape index (κ2) is 7.95. The lowest BCUT2D eigenvalue weighted by Crippen LogP contribution is -2.40. The van der Waals surface area contributed by atoms with E-state index in [2.05, 4.69) is 56.1 Å². The van der Waals surface area contributed by atoms with Crippen LogP contribution in [0.25, 0.3) is 0 Å². The van der Waals surface area contributed by atoms with Crippen molar-refractivity contribution < 1.29 is 0 Å². The number of hydrogen-bond acceptors (Lipinski definition) is 2. The van der Waals surface area contributed by atoms with Gasteiger partial charge < -0.3 is 5.32 Å². The zero-order valence-electron chi connectivity index (χ0n) is 14.3. The van der Waals surface area contributed by atoms with E-state index in [9.17, 15) is 0 Å². The lowest BCUT2D eigenvalue weighted by atomic mass is 9.96. The van der Waals surface area contributed by atoms with Crippen LogP contribution in [0.15, 0.2) is 18.2 Å². The summed E-state index contributed by atoms with van der Waals surface area (Å²) in [6, 6.07) is 6.66. The number of rotatable bonds is 6. The Kier molecular flexibility index (Phi) is 6.25. The van der Waals surface area contributed by atoms with Crippen LogP contribution in [0.2, 0.25) is 0 Å². The van der Waals surface area contributed by atoms with Gasteiger partial charge in [-0.2, -0.15) is 0 Å². The lowest BCUT2D eigenvalue weighted by molar-refractivity contribution is 0.164. The summed E-state index contributed by atoms with van der Waals surface area (Å²) in [7, 11) is 0. The maximum atomic E-state index is 3.64. The van der Waals surface area contributed by atoms with E-state index in [0.717, 1.165) is 24.9 Å². The zero-order chi connectivity index (χ0) is 15.2. The molecule has 2 heteroatoms. The van der Waals surface area contributed by atoms with E-state index < -0.39 is 0 Å². The highest BCUT2D eigenvalue weighted by molar-refractivity contribution is 5.33. The standard InChI is InChI=1S/C19H32N2/c1-15(2)11-20-12-18-9-6-10-21(13-18)14-19-16(3)7-5-8-17(19)4/h5,7-8,15,18,20H,6,9-14H2,1-4H3. The van der Waals surface area contributed by atoms with E-state index in [1.54, 1.807) is 0 Å². The third-order valence-electron chi connectivity index (χ3n) is 4.61. The number of benzene rings is 1. The summed E-state index contributed by atoms with van der Waals surface area (Å²) in [6.07, 6.45) is 2.73. The van der Waals surface area contributed by atoms with Gasteiger partial charge in [0.25, 0.3) is 0 Å². The predicted molar refractivity (Wildman–Crippen MR) is 91.6 cm³/mol. The first kappa shape index (κ1) is 16.5. The van der Waals surface area contributed by atoms with Gasteiger partial charge in [0, 0.05) is 13.1 Å². The van der Waals surface area contributed by atoms with E-state index in [-0.39, 0.29) is 0 Å². The number of likely N-dealkylation sites (tertiary alicyclic amines) is 1. The van der Waals surface area contributed by atoms with Crippen LogP contribution in [-0.4, -0.2) is 31.1 Å². The van der Waals surface area contributed by atoms with Crippen LogP contribution in [0.1, 0.15) is 43.4 Å². The maximum Gasteiger partial charge on any atom is 0.0239 e. The molecule has 118 valence electrons. The van der Waals surface area contributed by atoms with Crippen molar-refractivity contribution in [3.05, 3.63) is 34.9 Å². The van der Waals surface area contributed by atoms with Gasteiger partial charge in [0.15, 0.2) is 0 Å². The smallest absolute Gasteiger partial charge is 0.0239 e. The molecule has 1 saturated heterocycles. The van der Waals surface area contributed by atoms with E-state index in [1.807, 2.05) is 0 Å². The Morgan fingerprint density at radius 1 is 1.24 bits per heavy atom. The number of hydrogen-bond donors (Lipinski definition) is 1. The molecule has 1 aliphatic heterocycles. The maximum absolute atomic E-state index is 3.64. The molecule has 1 N–H and O–H groups in total. The van der Waals surface area contributed by atoms with Crippen molar-refractivity contribution in [2.24, 2.45) is 11.8 Å². The average Bonchev–Trinajstić information content (AvgIpc) is 2.43. The van der Waals surface area contributed by atoms with Crippen molar-refractivity contribution in [2.45, 2.75) is 47.1 Å². The van der Waals surface area contributed by atoms with Crippen molar-refractivity contribution in [1.82, 2.24) is 10.2 Å². The monoisotopic (exact) mass is 288 g/mol. The summed E-state index contributed by atoms with van der Waals surface area (Å²) < 4.78 is 0. The first-order chi connectivity index (χ1) is 10.1. The van der Waals surface area contributed by atoms with Crippen molar-refractivity contribution in [2.75, 3.05) is 26.2 Å². The van der Waals surface area contributed by atoms with Crippen molar-refractivity contribution in [3.8, 4) is 0 Å². The Labute approximate surface area is 130 Å². The fourth-order valence-electron chi connectivity index (χ4n) is 3.36. The third-order valence-corrected chi connectivity index (χ3v) is 4.61. The number of nitrogens with one attached hydrogen (secondary N) is 1. The van der Waals surface area contributed by atoms with Crippen LogP contribution in [0.4, 0.5) is 0 Å². The fraction of sp³-hybridized carbons (Fsp3) is 0.684. The van der Waals surface area contributed by atoms with Crippen molar-refractivity contribution in [1.29, 1.82) is 0 Å². The Bertz CT molecular complexity index is 419. The van der Waals surface area contributed by atoms with E-state index in [1.165, 1.54) is 49.2 Å². The molecule has 2 rings (SSSR count). The highest BCUT2D eigenvalue weighted by Crippen LogP contribution is 2.21. The second-order valence-electron chi connectivity index (χ2n) is 7.17. The van der Waals surface area contributed by atoms with Gasteiger partial charge in [-0.3, -0.25) is 4.90 Å². The van der Waals surface area contributed by atoms with Gasteiger partial charge in [0.05, 0.1) is 0 Å². The Hall–Kier alpha value is -0.860. The molecule has 1 unspecified atom stereocenters. The fourth-order valence-corrected chi connectivity index (χ4v) is 3.36. The van der Waals surface area contributed by atoms with Gasteiger partial charge >= 0.3 is 0 Å². The molecule has 2 nitrogen and oxygen atoms in total. The van der Waals surface area contributed by atoms with Gasteiger partial charge in [0.2, 0.25) is 0 Å². The molecule has 1 aliphatic rings. The van der Waals surface area contributed by atoms with E-state index >= 15 is 0 Å². The predicted octanol–water partition coefficient (Wildman–Crippen LogP) is 3.76. The molecule has 1 aromatic rings. The number of nitrogens with zero attached hydrogens (tertiary/aromatic N) is 1. The van der Waals surface area contributed by atoms with Gasteiger partial charge in [-0.25, -0.2) is 0 Å². The van der Waals surface area contributed by atoms with Crippen LogP contribution < -0.4 is 5.32 Å². The number of aryl methyl sites for hydroxylation is 2. The molecule has 1 aromatic carbocycles. The van der Waals surface area contributed by atoms with E-state index in [0.29, 0.717) is 0 Å². The van der Waals surface area contributed by atoms with Crippen LogP contribution in [-0.2, 0) is 6.54 Å². The summed E-state index contributed by atoms with van der Waals surface area (Å²) in [4.78, 5) is 2.65. The van der Waals surface area contributed by atoms with Crippen molar-refractivity contribution in [3.63, 3.8) is 0 Å². The molecule has 1 fully saturated rings. The molecule has 0 aliphatic carbocycles. The topological polar surface area (TPSA) is 15.3 Å². The van der Waals surface area contributed by atoms with Gasteiger partial charge in [0.1, 0.15) is 0 Å². The first-order valence-corrected chi connectivity index (χ1v) is 8.54. The molecule has 0 amide bonds. The van der Waals surface area contributed by atoms with Crippen LogP contribution >= 0.6 is 0 Å². The lowest BCUT2D eigenvalue weighted by Gasteiger charge is -2.33. The van der Waals surface area contributed by atoms with E-state index in [4.69, 9.17) is 0 Å². The summed E-state index contributed by atoms with van der Waals surface area (Å²) in [5.41, 5.74) is 4.42. The second-order valence-corrected chi connectivity index (χ2v) is 7.17. The molecule has 0 bridgehead atoms. The Balaban J connectivity index is 1.86. The highest BCUT2D eigenvalue weighted by Gasteiger charge is 2.20. The summed E-state index contributed by atoms with van der Waals surface area (Å²) >= 11 is 0. The molecule has 0 spiro atoms. The van der Waals surface area contributed by atoms with Gasteiger partial charge in [-0.1, -0.05) is 32.0 Å². The highest BCUT2D eigenvalue weighted by atomic mass is 15.1. The first-order valence-electron chi connectivity index (χ1n) is 8.54. The van der Waals surface area contributed by atoms with Crippen LogP contribution in [0, 0.1) is 25.7 Å². The molecule has 1 heterocycles. The summed E-state index contributed by atoms with van der Waals surface area (Å²) in [6.45, 7) is 15.0.